The van der Waals surface area contributed by atoms with Gasteiger partial charge in [-0.15, -0.1) is 0 Å². The van der Waals surface area contributed by atoms with Gasteiger partial charge in [0.15, 0.2) is 0 Å². The van der Waals surface area contributed by atoms with Crippen LogP contribution in [-0.4, -0.2) is 47.8 Å². The summed E-state index contributed by atoms with van der Waals surface area (Å²) < 4.78 is 4.72. The molecular weight excluding hydrogens is 146 g/mol. The van der Waals surface area contributed by atoms with E-state index in [-0.39, 0.29) is 6.10 Å². The first-order valence-corrected chi connectivity index (χ1v) is 3.87. The zero-order chi connectivity index (χ0) is 8.27. The SMILES string of the molecule is COC(O)N1CCC(O)CC1. The third-order valence-corrected chi connectivity index (χ3v) is 2.02. The molecule has 4 nitrogen and oxygen atoms in total. The Kier molecular flexibility index (Phi) is 3.26. The molecule has 0 spiro atoms. The molecule has 1 aliphatic heterocycles. The number of piperidine rings is 1. The van der Waals surface area contributed by atoms with E-state index in [9.17, 15) is 5.11 Å². The van der Waals surface area contributed by atoms with E-state index in [0.717, 1.165) is 12.8 Å². The highest BCUT2D eigenvalue weighted by molar-refractivity contribution is 4.69. The number of hydrogen-bond acceptors (Lipinski definition) is 4. The van der Waals surface area contributed by atoms with Gasteiger partial charge in [0.2, 0.25) is 6.41 Å². The maximum Gasteiger partial charge on any atom is 0.215 e. The van der Waals surface area contributed by atoms with E-state index in [1.165, 1.54) is 7.11 Å². The summed E-state index contributed by atoms with van der Waals surface area (Å²) in [6.07, 6.45) is 0.443. The summed E-state index contributed by atoms with van der Waals surface area (Å²) in [6, 6.07) is 0. The topological polar surface area (TPSA) is 52.9 Å². The largest absolute Gasteiger partial charge is 0.393 e. The lowest BCUT2D eigenvalue weighted by Gasteiger charge is -2.31. The van der Waals surface area contributed by atoms with Crippen LogP contribution >= 0.6 is 0 Å². The molecular formula is C7H15NO3. The van der Waals surface area contributed by atoms with Crippen LogP contribution in [0.4, 0.5) is 0 Å². The van der Waals surface area contributed by atoms with E-state index in [2.05, 4.69) is 0 Å². The van der Waals surface area contributed by atoms with Gasteiger partial charge in [-0.1, -0.05) is 0 Å². The van der Waals surface area contributed by atoms with Crippen LogP contribution in [0.2, 0.25) is 0 Å². The Morgan fingerprint density at radius 2 is 2.00 bits per heavy atom. The number of aliphatic hydroxyl groups excluding tert-OH is 2. The van der Waals surface area contributed by atoms with Crippen molar-refractivity contribution < 1.29 is 14.9 Å². The molecule has 1 atom stereocenters. The number of rotatable bonds is 2. The van der Waals surface area contributed by atoms with Gasteiger partial charge in [0, 0.05) is 20.2 Å². The molecule has 0 radical (unpaired) electrons. The van der Waals surface area contributed by atoms with Crippen molar-refractivity contribution in [2.24, 2.45) is 0 Å². The average Bonchev–Trinajstić information content (AvgIpc) is 2.05. The van der Waals surface area contributed by atoms with Crippen LogP contribution in [0.5, 0.6) is 0 Å². The molecule has 0 saturated carbocycles. The Balaban J connectivity index is 2.27. The van der Waals surface area contributed by atoms with E-state index in [0.29, 0.717) is 13.1 Å². The third-order valence-electron chi connectivity index (χ3n) is 2.02. The number of aliphatic hydroxyl groups is 2. The second-order valence-corrected chi connectivity index (χ2v) is 2.83. The highest BCUT2D eigenvalue weighted by atomic mass is 16.6. The first kappa shape index (κ1) is 8.93. The van der Waals surface area contributed by atoms with Crippen molar-refractivity contribution in [3.8, 4) is 0 Å². The highest BCUT2D eigenvalue weighted by Crippen LogP contribution is 2.11. The minimum Gasteiger partial charge on any atom is -0.393 e. The van der Waals surface area contributed by atoms with Gasteiger partial charge in [-0.3, -0.25) is 4.90 Å². The predicted molar refractivity (Wildman–Crippen MR) is 39.8 cm³/mol. The summed E-state index contributed by atoms with van der Waals surface area (Å²) in [4.78, 5) is 1.80. The fourth-order valence-electron chi connectivity index (χ4n) is 1.26. The van der Waals surface area contributed by atoms with Crippen LogP contribution in [0.3, 0.4) is 0 Å². The molecule has 1 unspecified atom stereocenters. The Morgan fingerprint density at radius 3 is 2.45 bits per heavy atom. The minimum absolute atomic E-state index is 0.199. The van der Waals surface area contributed by atoms with Gasteiger partial charge < -0.3 is 14.9 Å². The second kappa shape index (κ2) is 4.01. The first-order chi connectivity index (χ1) is 5.24. The molecule has 1 aliphatic rings. The quantitative estimate of drug-likeness (QED) is 0.529. The van der Waals surface area contributed by atoms with Gasteiger partial charge >= 0.3 is 0 Å². The molecule has 1 rings (SSSR count). The fraction of sp³-hybridized carbons (Fsp3) is 1.00. The molecule has 0 amide bonds. The summed E-state index contributed by atoms with van der Waals surface area (Å²) in [5, 5.41) is 18.3. The molecule has 1 heterocycles. The molecule has 66 valence electrons. The minimum atomic E-state index is -0.803. The lowest BCUT2D eigenvalue weighted by Crippen LogP contribution is -2.43. The molecule has 0 aromatic rings. The lowest BCUT2D eigenvalue weighted by atomic mass is 10.1. The number of ether oxygens (including phenoxy) is 1. The van der Waals surface area contributed by atoms with Crippen LogP contribution in [0.25, 0.3) is 0 Å². The highest BCUT2D eigenvalue weighted by Gasteiger charge is 2.21. The third kappa shape index (κ3) is 2.41. The van der Waals surface area contributed by atoms with Crippen LogP contribution in [-0.2, 0) is 4.74 Å². The Labute approximate surface area is 66.4 Å². The van der Waals surface area contributed by atoms with Gasteiger partial charge in [-0.2, -0.15) is 0 Å². The Morgan fingerprint density at radius 1 is 1.45 bits per heavy atom. The molecule has 4 heteroatoms. The van der Waals surface area contributed by atoms with Crippen LogP contribution in [0.1, 0.15) is 12.8 Å². The summed E-state index contributed by atoms with van der Waals surface area (Å²) in [5.74, 6) is 0. The van der Waals surface area contributed by atoms with E-state index < -0.39 is 6.41 Å². The maximum absolute atomic E-state index is 9.19. The average molecular weight is 161 g/mol. The zero-order valence-electron chi connectivity index (χ0n) is 6.73. The lowest BCUT2D eigenvalue weighted by molar-refractivity contribution is -0.186. The Bertz CT molecular complexity index is 112. The summed E-state index contributed by atoms with van der Waals surface area (Å²) in [7, 11) is 1.47. The standard InChI is InChI=1S/C7H15NO3/c1-11-7(10)8-4-2-6(9)3-5-8/h6-7,9-10H,2-5H2,1H3. The summed E-state index contributed by atoms with van der Waals surface area (Å²) in [5.41, 5.74) is 0. The Hall–Kier alpha value is -0.160. The number of likely N-dealkylation sites (tertiary alicyclic amines) is 1. The van der Waals surface area contributed by atoms with Crippen molar-refractivity contribution in [3.05, 3.63) is 0 Å². The fourth-order valence-corrected chi connectivity index (χ4v) is 1.26. The van der Waals surface area contributed by atoms with Crippen molar-refractivity contribution in [1.29, 1.82) is 0 Å². The molecule has 0 aromatic carbocycles. The molecule has 0 aliphatic carbocycles. The summed E-state index contributed by atoms with van der Waals surface area (Å²) >= 11 is 0. The van der Waals surface area contributed by atoms with Crippen molar-refractivity contribution >= 4 is 0 Å². The van der Waals surface area contributed by atoms with Crippen molar-refractivity contribution in [1.82, 2.24) is 4.90 Å². The van der Waals surface area contributed by atoms with Crippen LogP contribution < -0.4 is 0 Å². The smallest absolute Gasteiger partial charge is 0.215 e. The van der Waals surface area contributed by atoms with Crippen LogP contribution in [0, 0.1) is 0 Å². The number of methoxy groups -OCH3 is 1. The predicted octanol–water partition coefficient (Wildman–Crippen LogP) is -0.635. The van der Waals surface area contributed by atoms with Crippen molar-refractivity contribution in [2.75, 3.05) is 20.2 Å². The van der Waals surface area contributed by atoms with Crippen molar-refractivity contribution in [3.63, 3.8) is 0 Å². The maximum atomic E-state index is 9.19. The van der Waals surface area contributed by atoms with Gasteiger partial charge in [0.25, 0.3) is 0 Å². The summed E-state index contributed by atoms with van der Waals surface area (Å²) in [6.45, 7) is 1.41. The van der Waals surface area contributed by atoms with E-state index >= 15 is 0 Å². The van der Waals surface area contributed by atoms with E-state index in [1.807, 2.05) is 0 Å². The first-order valence-electron chi connectivity index (χ1n) is 3.87. The second-order valence-electron chi connectivity index (χ2n) is 2.83. The normalized spacial score (nSPS) is 25.4. The zero-order valence-corrected chi connectivity index (χ0v) is 6.73. The molecule has 11 heavy (non-hydrogen) atoms. The van der Waals surface area contributed by atoms with Gasteiger partial charge in [0.1, 0.15) is 0 Å². The van der Waals surface area contributed by atoms with Crippen LogP contribution in [0.15, 0.2) is 0 Å². The van der Waals surface area contributed by atoms with Gasteiger partial charge in [0.05, 0.1) is 6.10 Å². The van der Waals surface area contributed by atoms with Gasteiger partial charge in [-0.05, 0) is 12.8 Å². The molecule has 0 aromatic heterocycles. The van der Waals surface area contributed by atoms with Gasteiger partial charge in [-0.25, -0.2) is 0 Å². The monoisotopic (exact) mass is 161 g/mol. The number of nitrogens with zero attached hydrogens (tertiary/aromatic N) is 1. The molecule has 2 N–H and O–H groups in total. The number of hydrogen-bond donors (Lipinski definition) is 2. The molecule has 1 fully saturated rings. The van der Waals surface area contributed by atoms with E-state index in [1.54, 1.807) is 4.90 Å². The molecule has 0 bridgehead atoms. The van der Waals surface area contributed by atoms with Crippen molar-refractivity contribution in [2.45, 2.75) is 25.4 Å². The van der Waals surface area contributed by atoms with E-state index in [4.69, 9.17) is 9.84 Å². The molecule has 1 saturated heterocycles.